The smallest absolute Gasteiger partial charge is 0.224 e. The average Bonchev–Trinajstić information content (AvgIpc) is 2.30. The lowest BCUT2D eigenvalue weighted by Gasteiger charge is -2.06. The summed E-state index contributed by atoms with van der Waals surface area (Å²) in [5, 5.41) is 3.23. The third-order valence-electron chi connectivity index (χ3n) is 2.19. The summed E-state index contributed by atoms with van der Waals surface area (Å²) in [6.45, 7) is 5.08. The van der Waals surface area contributed by atoms with Crippen molar-refractivity contribution < 1.29 is 9.53 Å². The van der Waals surface area contributed by atoms with Gasteiger partial charge in [0.15, 0.2) is 0 Å². The van der Waals surface area contributed by atoms with Gasteiger partial charge in [-0.1, -0.05) is 11.6 Å². The number of aryl methyl sites for hydroxylation is 1. The maximum atomic E-state index is 11.5. The second-order valence-electron chi connectivity index (χ2n) is 3.68. The second-order valence-corrected chi connectivity index (χ2v) is 4.04. The molecule has 1 N–H and O–H groups in total. The van der Waals surface area contributed by atoms with Crippen LogP contribution in [0, 0.1) is 6.92 Å². The van der Waals surface area contributed by atoms with Crippen LogP contribution in [0.4, 0.5) is 5.69 Å². The van der Waals surface area contributed by atoms with Crippen molar-refractivity contribution >= 4 is 23.2 Å². The molecule has 0 unspecified atom stereocenters. The number of hydrogen-bond acceptors (Lipinski definition) is 3. The van der Waals surface area contributed by atoms with Crippen molar-refractivity contribution in [3.8, 4) is 0 Å². The number of pyridine rings is 1. The van der Waals surface area contributed by atoms with Gasteiger partial charge in [-0.3, -0.25) is 4.79 Å². The Morgan fingerprint density at radius 2 is 2.35 bits per heavy atom. The number of nitrogens with zero attached hydrogens (tertiary/aromatic N) is 1. The van der Waals surface area contributed by atoms with Crippen LogP contribution in [0.5, 0.6) is 0 Å². The molecule has 0 saturated carbocycles. The first kappa shape index (κ1) is 13.9. The third kappa shape index (κ3) is 5.15. The molecular formula is C12H17ClN2O2. The van der Waals surface area contributed by atoms with E-state index in [0.29, 0.717) is 30.5 Å². The number of carbonyl (C=O) groups excluding carboxylic acids is 1. The van der Waals surface area contributed by atoms with E-state index in [2.05, 4.69) is 10.3 Å². The minimum Gasteiger partial charge on any atom is -0.382 e. The van der Waals surface area contributed by atoms with Crippen molar-refractivity contribution in [3.63, 3.8) is 0 Å². The van der Waals surface area contributed by atoms with Crippen LogP contribution in [0.25, 0.3) is 0 Å². The number of carbonyl (C=O) groups is 1. The Morgan fingerprint density at radius 3 is 3.00 bits per heavy atom. The zero-order chi connectivity index (χ0) is 12.7. The van der Waals surface area contributed by atoms with Crippen molar-refractivity contribution in [2.24, 2.45) is 0 Å². The molecule has 17 heavy (non-hydrogen) atoms. The Hall–Kier alpha value is -1.13. The summed E-state index contributed by atoms with van der Waals surface area (Å²) in [5.41, 5.74) is 1.52. The summed E-state index contributed by atoms with van der Waals surface area (Å²) in [6.07, 6.45) is 2.72. The van der Waals surface area contributed by atoms with E-state index in [9.17, 15) is 4.79 Å². The van der Waals surface area contributed by atoms with Gasteiger partial charge >= 0.3 is 0 Å². The van der Waals surface area contributed by atoms with Crippen LogP contribution >= 0.6 is 11.6 Å². The van der Waals surface area contributed by atoms with Crippen LogP contribution in [0.2, 0.25) is 5.15 Å². The SMILES string of the molecule is CCOCCCC(=O)Nc1cnc(Cl)c(C)c1. The quantitative estimate of drug-likeness (QED) is 0.629. The van der Waals surface area contributed by atoms with Gasteiger partial charge in [0.2, 0.25) is 5.91 Å². The first-order chi connectivity index (χ1) is 8.13. The molecule has 0 aliphatic heterocycles. The molecule has 0 saturated heterocycles. The van der Waals surface area contributed by atoms with Crippen molar-refractivity contribution in [1.82, 2.24) is 4.98 Å². The first-order valence-electron chi connectivity index (χ1n) is 5.63. The van der Waals surface area contributed by atoms with Crippen molar-refractivity contribution in [2.75, 3.05) is 18.5 Å². The number of aromatic nitrogens is 1. The molecule has 5 heteroatoms. The topological polar surface area (TPSA) is 51.2 Å². The number of ether oxygens (including phenoxy) is 1. The number of hydrogen-bond donors (Lipinski definition) is 1. The van der Waals surface area contributed by atoms with E-state index in [-0.39, 0.29) is 5.91 Å². The lowest BCUT2D eigenvalue weighted by Crippen LogP contribution is -2.12. The van der Waals surface area contributed by atoms with Gasteiger partial charge in [0.05, 0.1) is 11.9 Å². The number of anilines is 1. The molecule has 1 rings (SSSR count). The number of halogens is 1. The molecule has 1 aromatic heterocycles. The van der Waals surface area contributed by atoms with Crippen LogP contribution < -0.4 is 5.32 Å². The fourth-order valence-corrected chi connectivity index (χ4v) is 1.43. The molecule has 4 nitrogen and oxygen atoms in total. The van der Waals surface area contributed by atoms with E-state index in [4.69, 9.17) is 16.3 Å². The summed E-state index contributed by atoms with van der Waals surface area (Å²) in [5.74, 6) is -0.0341. The van der Waals surface area contributed by atoms with Gasteiger partial charge in [0.25, 0.3) is 0 Å². The Morgan fingerprint density at radius 1 is 1.59 bits per heavy atom. The monoisotopic (exact) mass is 256 g/mol. The lowest BCUT2D eigenvalue weighted by atomic mass is 10.2. The highest BCUT2D eigenvalue weighted by Gasteiger charge is 2.04. The molecule has 0 fully saturated rings. The highest BCUT2D eigenvalue weighted by atomic mass is 35.5. The molecule has 0 atom stereocenters. The maximum Gasteiger partial charge on any atom is 0.224 e. The number of nitrogens with one attached hydrogen (secondary N) is 1. The largest absolute Gasteiger partial charge is 0.382 e. The zero-order valence-corrected chi connectivity index (χ0v) is 10.9. The molecule has 94 valence electrons. The summed E-state index contributed by atoms with van der Waals surface area (Å²) < 4.78 is 5.16. The van der Waals surface area contributed by atoms with Gasteiger partial charge in [-0.25, -0.2) is 4.98 Å². The summed E-state index contributed by atoms with van der Waals surface area (Å²) in [7, 11) is 0. The molecule has 0 bridgehead atoms. The minimum absolute atomic E-state index is 0.0341. The predicted octanol–water partition coefficient (Wildman–Crippen LogP) is 2.80. The summed E-state index contributed by atoms with van der Waals surface area (Å²) in [4.78, 5) is 15.5. The van der Waals surface area contributed by atoms with Gasteiger partial charge in [-0.05, 0) is 31.9 Å². The molecule has 0 aliphatic carbocycles. The first-order valence-corrected chi connectivity index (χ1v) is 6.01. The van der Waals surface area contributed by atoms with E-state index in [1.54, 1.807) is 12.3 Å². The van der Waals surface area contributed by atoms with Crippen LogP contribution in [0.1, 0.15) is 25.3 Å². The highest BCUT2D eigenvalue weighted by molar-refractivity contribution is 6.30. The van der Waals surface area contributed by atoms with Crippen LogP contribution in [0.3, 0.4) is 0 Å². The number of amides is 1. The van der Waals surface area contributed by atoms with Gasteiger partial charge < -0.3 is 10.1 Å². The summed E-state index contributed by atoms with van der Waals surface area (Å²) >= 11 is 5.80. The molecule has 0 spiro atoms. The Bertz CT molecular complexity index is 383. The highest BCUT2D eigenvalue weighted by Crippen LogP contribution is 2.16. The standard InChI is InChI=1S/C12H17ClN2O2/c1-3-17-6-4-5-11(16)15-10-7-9(2)12(13)14-8-10/h7-8H,3-6H2,1-2H3,(H,15,16). The minimum atomic E-state index is -0.0341. The Kier molecular flexibility index (Phi) is 5.94. The normalized spacial score (nSPS) is 10.3. The van der Waals surface area contributed by atoms with Crippen LogP contribution in [0.15, 0.2) is 12.3 Å². The maximum absolute atomic E-state index is 11.5. The fraction of sp³-hybridized carbons (Fsp3) is 0.500. The van der Waals surface area contributed by atoms with E-state index in [0.717, 1.165) is 12.0 Å². The van der Waals surface area contributed by atoms with Gasteiger partial charge in [-0.15, -0.1) is 0 Å². The molecule has 0 aromatic carbocycles. The fourth-order valence-electron chi connectivity index (χ4n) is 1.33. The average molecular weight is 257 g/mol. The Labute approximate surface area is 106 Å². The molecule has 1 amide bonds. The zero-order valence-electron chi connectivity index (χ0n) is 10.1. The van der Waals surface area contributed by atoms with Crippen molar-refractivity contribution in [3.05, 3.63) is 23.0 Å². The van der Waals surface area contributed by atoms with Crippen LogP contribution in [-0.2, 0) is 9.53 Å². The van der Waals surface area contributed by atoms with E-state index in [1.807, 2.05) is 13.8 Å². The van der Waals surface area contributed by atoms with E-state index >= 15 is 0 Å². The van der Waals surface area contributed by atoms with Gasteiger partial charge in [0, 0.05) is 19.6 Å². The lowest BCUT2D eigenvalue weighted by molar-refractivity contribution is -0.116. The Balaban J connectivity index is 2.37. The van der Waals surface area contributed by atoms with Crippen LogP contribution in [-0.4, -0.2) is 24.1 Å². The van der Waals surface area contributed by atoms with Gasteiger partial charge in [0.1, 0.15) is 5.15 Å². The van der Waals surface area contributed by atoms with E-state index in [1.165, 1.54) is 0 Å². The molecule has 1 heterocycles. The second kappa shape index (κ2) is 7.25. The third-order valence-corrected chi connectivity index (χ3v) is 2.59. The molecule has 0 radical (unpaired) electrons. The molecular weight excluding hydrogens is 240 g/mol. The van der Waals surface area contributed by atoms with Gasteiger partial charge in [-0.2, -0.15) is 0 Å². The molecule has 0 aliphatic rings. The summed E-state index contributed by atoms with van der Waals surface area (Å²) in [6, 6.07) is 1.80. The molecule has 1 aromatic rings. The van der Waals surface area contributed by atoms with Crippen molar-refractivity contribution in [2.45, 2.75) is 26.7 Å². The van der Waals surface area contributed by atoms with E-state index < -0.39 is 0 Å². The number of rotatable bonds is 6. The van der Waals surface area contributed by atoms with Crippen molar-refractivity contribution in [1.29, 1.82) is 0 Å². The predicted molar refractivity (Wildman–Crippen MR) is 68.3 cm³/mol.